The molecule has 7 rings (SSSR count). The molecule has 0 saturated heterocycles. The monoisotopic (exact) mass is 348 g/mol. The van der Waals surface area contributed by atoms with Crippen molar-refractivity contribution in [2.24, 2.45) is 0 Å². The molecule has 2 unspecified atom stereocenters. The fourth-order valence-corrected chi connectivity index (χ4v) is 6.41. The average Bonchev–Trinajstić information content (AvgIpc) is 3.31. The van der Waals surface area contributed by atoms with E-state index in [1.165, 1.54) is 60.9 Å². The Bertz CT molecular complexity index is 1220. The predicted molar refractivity (Wildman–Crippen MR) is 108 cm³/mol. The highest BCUT2D eigenvalue weighted by molar-refractivity contribution is 6.11. The summed E-state index contributed by atoms with van der Waals surface area (Å²) < 4.78 is 0. The van der Waals surface area contributed by atoms with Crippen molar-refractivity contribution in [2.45, 2.75) is 44.4 Å². The normalized spacial score (nSPS) is 26.3. The van der Waals surface area contributed by atoms with Gasteiger partial charge in [-0.05, 0) is 93.5 Å². The number of carbonyl (C=O) groups excluding carboxylic acids is 1. The molecule has 0 radical (unpaired) electrons. The fraction of sp³-hybridized carbons (Fsp3) is 0.269. The van der Waals surface area contributed by atoms with Gasteiger partial charge in [0.1, 0.15) is 0 Å². The Morgan fingerprint density at radius 3 is 2.15 bits per heavy atom. The molecule has 0 amide bonds. The smallest absolute Gasteiger partial charge is 0.156 e. The Labute approximate surface area is 158 Å². The van der Waals surface area contributed by atoms with E-state index in [2.05, 4.69) is 49.4 Å². The predicted octanol–water partition coefficient (Wildman–Crippen LogP) is 5.52. The molecule has 0 fully saturated rings. The van der Waals surface area contributed by atoms with E-state index in [0.29, 0.717) is 5.78 Å². The molecule has 0 aliphatic heterocycles. The van der Waals surface area contributed by atoms with Gasteiger partial charge in [-0.15, -0.1) is 0 Å². The number of hydrogen-bond donors (Lipinski definition) is 0. The Morgan fingerprint density at radius 2 is 1.44 bits per heavy atom. The highest BCUT2D eigenvalue weighted by atomic mass is 16.1. The number of fused-ring (bicyclic) bond motifs is 4. The van der Waals surface area contributed by atoms with Crippen LogP contribution in [-0.2, 0) is 17.6 Å². The number of benzene rings is 2. The van der Waals surface area contributed by atoms with Crippen LogP contribution < -0.4 is 0 Å². The molecule has 0 heterocycles. The minimum atomic E-state index is -0.0563. The van der Waals surface area contributed by atoms with Gasteiger partial charge in [0.05, 0.1) is 11.8 Å². The van der Waals surface area contributed by atoms with Gasteiger partial charge < -0.3 is 0 Å². The largest absolute Gasteiger partial charge is 0.298 e. The van der Waals surface area contributed by atoms with E-state index < -0.39 is 0 Å². The van der Waals surface area contributed by atoms with E-state index in [-0.39, 0.29) is 11.8 Å². The van der Waals surface area contributed by atoms with Crippen molar-refractivity contribution in [3.63, 3.8) is 0 Å². The van der Waals surface area contributed by atoms with E-state index in [1.54, 1.807) is 0 Å². The van der Waals surface area contributed by atoms with Crippen LogP contribution in [0.25, 0.3) is 10.8 Å². The van der Waals surface area contributed by atoms with Crippen molar-refractivity contribution < 1.29 is 4.79 Å². The highest BCUT2D eigenvalue weighted by Crippen LogP contribution is 2.57. The maximum absolute atomic E-state index is 14.0. The highest BCUT2D eigenvalue weighted by Gasteiger charge is 2.47. The molecule has 5 aliphatic carbocycles. The molecule has 0 aromatic heterocycles. The first-order valence-corrected chi connectivity index (χ1v) is 10.1. The summed E-state index contributed by atoms with van der Waals surface area (Å²) in [5.74, 6) is 0.303. The van der Waals surface area contributed by atoms with E-state index >= 15 is 0 Å². The summed E-state index contributed by atoms with van der Waals surface area (Å²) in [6.45, 7) is 2.24. The molecule has 0 saturated carbocycles. The molecule has 1 nitrogen and oxygen atoms in total. The van der Waals surface area contributed by atoms with Gasteiger partial charge in [-0.3, -0.25) is 4.79 Å². The Balaban J connectivity index is 1.69. The van der Waals surface area contributed by atoms with Crippen molar-refractivity contribution in [3.8, 4) is 0 Å². The number of allylic oxidation sites excluding steroid dienone is 8. The molecule has 0 N–H and O–H groups in total. The van der Waals surface area contributed by atoms with Crippen LogP contribution in [-0.4, -0.2) is 5.78 Å². The second kappa shape index (κ2) is 4.59. The number of Topliss-reactive ketones (excluding diaryl/α,β-unsaturated/α-hetero) is 1. The van der Waals surface area contributed by atoms with Crippen LogP contribution in [0.1, 0.15) is 52.5 Å². The lowest BCUT2D eigenvalue weighted by atomic mass is 9.60. The summed E-state index contributed by atoms with van der Waals surface area (Å²) in [7, 11) is 0. The molecular weight excluding hydrogens is 328 g/mol. The maximum Gasteiger partial charge on any atom is 0.156 e. The lowest BCUT2D eigenvalue weighted by Gasteiger charge is -2.41. The van der Waals surface area contributed by atoms with Gasteiger partial charge in [-0.1, -0.05) is 42.5 Å². The van der Waals surface area contributed by atoms with Gasteiger partial charge in [0.2, 0.25) is 0 Å². The minimum absolute atomic E-state index is 0.0563. The van der Waals surface area contributed by atoms with Gasteiger partial charge in [0.15, 0.2) is 5.78 Å². The molecule has 2 aromatic carbocycles. The molecule has 5 aliphatic rings. The van der Waals surface area contributed by atoms with Gasteiger partial charge >= 0.3 is 0 Å². The SMILES string of the molecule is Cc1cc2c3c4c5c(ccc14)CC1=CCC=C1C5C(=O)C3C1=CCC=C1C2. The van der Waals surface area contributed by atoms with E-state index in [0.717, 1.165) is 25.7 Å². The zero-order valence-electron chi connectivity index (χ0n) is 15.4. The minimum Gasteiger partial charge on any atom is -0.298 e. The molecule has 130 valence electrons. The van der Waals surface area contributed by atoms with Crippen molar-refractivity contribution in [1.82, 2.24) is 0 Å². The van der Waals surface area contributed by atoms with Gasteiger partial charge in [-0.25, -0.2) is 0 Å². The third kappa shape index (κ3) is 1.57. The zero-order chi connectivity index (χ0) is 17.9. The van der Waals surface area contributed by atoms with Crippen LogP contribution in [0.4, 0.5) is 0 Å². The van der Waals surface area contributed by atoms with Crippen molar-refractivity contribution in [1.29, 1.82) is 0 Å². The topological polar surface area (TPSA) is 17.1 Å². The molecular formula is C26H20O. The van der Waals surface area contributed by atoms with Gasteiger partial charge in [0.25, 0.3) is 0 Å². The zero-order valence-corrected chi connectivity index (χ0v) is 15.4. The summed E-state index contributed by atoms with van der Waals surface area (Å²) in [6, 6.07) is 6.95. The van der Waals surface area contributed by atoms with Crippen LogP contribution in [0.5, 0.6) is 0 Å². The first kappa shape index (κ1) is 14.4. The van der Waals surface area contributed by atoms with Crippen molar-refractivity contribution in [2.75, 3.05) is 0 Å². The van der Waals surface area contributed by atoms with Gasteiger partial charge in [0, 0.05) is 0 Å². The van der Waals surface area contributed by atoms with E-state index in [1.807, 2.05) is 0 Å². The molecule has 27 heavy (non-hydrogen) atoms. The molecule has 1 heteroatoms. The van der Waals surface area contributed by atoms with E-state index in [9.17, 15) is 4.79 Å². The van der Waals surface area contributed by atoms with E-state index in [4.69, 9.17) is 0 Å². The van der Waals surface area contributed by atoms with Crippen LogP contribution in [0, 0.1) is 6.92 Å². The Morgan fingerprint density at radius 1 is 0.815 bits per heavy atom. The number of carbonyl (C=O) groups is 1. The maximum atomic E-state index is 14.0. The second-order valence-electron chi connectivity index (χ2n) is 8.70. The third-order valence-electron chi connectivity index (χ3n) is 7.44. The fourth-order valence-electron chi connectivity index (χ4n) is 6.41. The summed E-state index contributed by atoms with van der Waals surface area (Å²) in [6.07, 6.45) is 13.2. The lowest BCUT2D eigenvalue weighted by Crippen LogP contribution is -2.34. The number of hydrogen-bond acceptors (Lipinski definition) is 1. The first-order valence-electron chi connectivity index (χ1n) is 10.1. The Kier molecular flexibility index (Phi) is 2.45. The van der Waals surface area contributed by atoms with Crippen LogP contribution in [0.15, 0.2) is 64.8 Å². The summed E-state index contributed by atoms with van der Waals surface area (Å²) in [5.41, 5.74) is 12.2. The third-order valence-corrected chi connectivity index (χ3v) is 7.44. The second-order valence-corrected chi connectivity index (χ2v) is 8.70. The lowest BCUT2D eigenvalue weighted by molar-refractivity contribution is -0.120. The number of aryl methyl sites for hydroxylation is 1. The van der Waals surface area contributed by atoms with Crippen molar-refractivity contribution in [3.05, 3.63) is 92.6 Å². The summed E-state index contributed by atoms with van der Waals surface area (Å²) >= 11 is 0. The molecule has 0 bridgehead atoms. The number of rotatable bonds is 0. The number of ketones is 1. The summed E-state index contributed by atoms with van der Waals surface area (Å²) in [5, 5.41) is 2.77. The van der Waals surface area contributed by atoms with Gasteiger partial charge in [-0.2, -0.15) is 0 Å². The molecule has 2 aromatic rings. The van der Waals surface area contributed by atoms with Crippen LogP contribution in [0.3, 0.4) is 0 Å². The first-order chi connectivity index (χ1) is 13.2. The van der Waals surface area contributed by atoms with Crippen LogP contribution >= 0.6 is 0 Å². The molecule has 0 spiro atoms. The summed E-state index contributed by atoms with van der Waals surface area (Å²) in [4.78, 5) is 14.0. The molecule has 2 atom stereocenters. The Hall–Kier alpha value is -2.67. The average molecular weight is 348 g/mol. The van der Waals surface area contributed by atoms with Crippen LogP contribution in [0.2, 0.25) is 0 Å². The van der Waals surface area contributed by atoms with Crippen molar-refractivity contribution >= 4 is 16.6 Å². The standard InChI is InChI=1S/C26H20O/c1-13-10-17-12-15-5-3-7-20(15)25-22(17)23-18(13)9-8-16-11-14-4-2-6-19(14)24(21(16)23)26(25)27/h4-10,24-25H,2-3,11-12H2,1H3. The quantitative estimate of drug-likeness (QED) is 0.612.